The zero-order valence-corrected chi connectivity index (χ0v) is 9.19. The zero-order valence-electron chi connectivity index (χ0n) is 6.79. The van der Waals surface area contributed by atoms with E-state index in [0.29, 0.717) is 0 Å². The Kier molecular flexibility index (Phi) is 3.51. The van der Waals surface area contributed by atoms with E-state index in [9.17, 15) is 8.42 Å². The number of methoxy groups -OCH3 is 1. The van der Waals surface area contributed by atoms with Gasteiger partial charge < -0.3 is 4.74 Å². The second kappa shape index (κ2) is 4.04. The Balaban J connectivity index is 2.28. The van der Waals surface area contributed by atoms with Gasteiger partial charge in [-0.3, -0.25) is 0 Å². The molecule has 0 aromatic carbocycles. The van der Waals surface area contributed by atoms with E-state index in [-0.39, 0.29) is 16.8 Å². The van der Waals surface area contributed by atoms with E-state index in [4.69, 9.17) is 4.74 Å². The van der Waals surface area contributed by atoms with E-state index in [1.165, 1.54) is 0 Å². The Morgan fingerprint density at radius 1 is 1.58 bits per heavy atom. The summed E-state index contributed by atoms with van der Waals surface area (Å²) in [7, 11) is -1.46. The smallest absolute Gasteiger partial charge is 0.221 e. The van der Waals surface area contributed by atoms with E-state index in [1.54, 1.807) is 7.11 Å². The summed E-state index contributed by atoms with van der Waals surface area (Å²) in [5.41, 5.74) is 0. The van der Waals surface area contributed by atoms with Crippen molar-refractivity contribution in [3.63, 3.8) is 0 Å². The fourth-order valence-corrected chi connectivity index (χ4v) is 2.30. The van der Waals surface area contributed by atoms with Crippen molar-refractivity contribution in [3.05, 3.63) is 0 Å². The standard InChI is InChI=1S/C6H12BrNO3S/c1-11-6-2-5(3-6)8-12(9,10)4-7/h5-6,8H,2-4H2,1H3. The van der Waals surface area contributed by atoms with Gasteiger partial charge in [-0.25, -0.2) is 13.1 Å². The van der Waals surface area contributed by atoms with Gasteiger partial charge in [0, 0.05) is 13.2 Å². The fourth-order valence-electron chi connectivity index (χ4n) is 1.14. The van der Waals surface area contributed by atoms with Gasteiger partial charge in [-0.05, 0) is 12.8 Å². The minimum Gasteiger partial charge on any atom is -0.381 e. The first-order valence-corrected chi connectivity index (χ1v) is 6.43. The molecule has 0 atom stereocenters. The van der Waals surface area contributed by atoms with Crippen LogP contribution in [0.3, 0.4) is 0 Å². The first-order valence-electron chi connectivity index (χ1n) is 3.66. The molecule has 0 heterocycles. The molecule has 72 valence electrons. The lowest BCUT2D eigenvalue weighted by atomic mass is 9.90. The molecule has 0 aliphatic heterocycles. The van der Waals surface area contributed by atoms with Gasteiger partial charge in [-0.2, -0.15) is 0 Å². The summed E-state index contributed by atoms with van der Waals surface area (Å²) in [5, 5.41) is 0. The summed E-state index contributed by atoms with van der Waals surface area (Å²) in [5.74, 6) is 0. The molecule has 0 amide bonds. The first kappa shape index (κ1) is 10.4. The van der Waals surface area contributed by atoms with Crippen LogP contribution in [-0.4, -0.2) is 32.3 Å². The molecule has 0 radical (unpaired) electrons. The maximum atomic E-state index is 11.0. The Morgan fingerprint density at radius 3 is 2.58 bits per heavy atom. The van der Waals surface area contributed by atoms with Crippen LogP contribution < -0.4 is 4.72 Å². The van der Waals surface area contributed by atoms with Crippen LogP contribution in [0.2, 0.25) is 0 Å². The highest BCUT2D eigenvalue weighted by atomic mass is 79.9. The fraction of sp³-hybridized carbons (Fsp3) is 1.00. The molecule has 1 aliphatic rings. The van der Waals surface area contributed by atoms with Crippen molar-refractivity contribution in [2.75, 3.05) is 11.8 Å². The van der Waals surface area contributed by atoms with Gasteiger partial charge in [0.25, 0.3) is 0 Å². The van der Waals surface area contributed by atoms with Gasteiger partial charge in [0.1, 0.15) is 4.66 Å². The highest BCUT2D eigenvalue weighted by molar-refractivity contribution is 9.10. The van der Waals surface area contributed by atoms with Crippen LogP contribution in [0.5, 0.6) is 0 Å². The van der Waals surface area contributed by atoms with Gasteiger partial charge in [0.15, 0.2) is 0 Å². The predicted octanol–water partition coefficient (Wildman–Crippen LogP) is 0.436. The second-order valence-electron chi connectivity index (χ2n) is 2.87. The van der Waals surface area contributed by atoms with Gasteiger partial charge in [0.05, 0.1) is 6.10 Å². The Hall–Kier alpha value is 0.350. The number of sulfonamides is 1. The average Bonchev–Trinajstić information content (AvgIpc) is 1.96. The van der Waals surface area contributed by atoms with E-state index >= 15 is 0 Å². The molecule has 1 saturated carbocycles. The number of rotatable bonds is 4. The lowest BCUT2D eigenvalue weighted by molar-refractivity contribution is 0.0236. The highest BCUT2D eigenvalue weighted by Crippen LogP contribution is 2.23. The van der Waals surface area contributed by atoms with Crippen LogP contribution in [0.4, 0.5) is 0 Å². The summed E-state index contributed by atoms with van der Waals surface area (Å²) in [6.07, 6.45) is 1.79. The third-order valence-electron chi connectivity index (χ3n) is 1.92. The third-order valence-corrected chi connectivity index (χ3v) is 4.71. The molecule has 1 fully saturated rings. The number of ether oxygens (including phenoxy) is 1. The Morgan fingerprint density at radius 2 is 2.17 bits per heavy atom. The van der Waals surface area contributed by atoms with Crippen LogP contribution in [-0.2, 0) is 14.8 Å². The van der Waals surface area contributed by atoms with Gasteiger partial charge in [-0.1, -0.05) is 15.9 Å². The topological polar surface area (TPSA) is 55.4 Å². The van der Waals surface area contributed by atoms with Crippen molar-refractivity contribution in [2.24, 2.45) is 0 Å². The molecule has 0 bridgehead atoms. The quantitative estimate of drug-likeness (QED) is 0.744. The minimum atomic E-state index is -3.10. The second-order valence-corrected chi connectivity index (χ2v) is 5.92. The highest BCUT2D eigenvalue weighted by Gasteiger charge is 2.31. The maximum Gasteiger partial charge on any atom is 0.221 e. The zero-order chi connectivity index (χ0) is 9.19. The first-order chi connectivity index (χ1) is 5.57. The summed E-state index contributed by atoms with van der Waals surface area (Å²) in [4.78, 5) is 0. The van der Waals surface area contributed by atoms with Crippen LogP contribution >= 0.6 is 15.9 Å². The van der Waals surface area contributed by atoms with Gasteiger partial charge in [-0.15, -0.1) is 0 Å². The summed E-state index contributed by atoms with van der Waals surface area (Å²) < 4.78 is 29.5. The molecule has 0 saturated heterocycles. The molecular weight excluding hydrogens is 246 g/mol. The third kappa shape index (κ3) is 2.69. The number of hydrogen-bond donors (Lipinski definition) is 1. The van der Waals surface area contributed by atoms with E-state index in [0.717, 1.165) is 12.8 Å². The normalized spacial score (nSPS) is 29.8. The maximum absolute atomic E-state index is 11.0. The number of halogens is 1. The Labute approximate surface area is 80.8 Å². The van der Waals surface area contributed by atoms with Gasteiger partial charge >= 0.3 is 0 Å². The molecule has 6 heteroatoms. The number of hydrogen-bond acceptors (Lipinski definition) is 3. The van der Waals surface area contributed by atoms with E-state index in [1.807, 2.05) is 0 Å². The molecule has 12 heavy (non-hydrogen) atoms. The van der Waals surface area contributed by atoms with Crippen LogP contribution in [0.15, 0.2) is 0 Å². The average molecular weight is 258 g/mol. The van der Waals surface area contributed by atoms with Gasteiger partial charge in [0.2, 0.25) is 10.0 Å². The summed E-state index contributed by atoms with van der Waals surface area (Å²) in [6, 6.07) is 0.0671. The molecule has 0 spiro atoms. The van der Waals surface area contributed by atoms with E-state index < -0.39 is 10.0 Å². The van der Waals surface area contributed by atoms with Crippen molar-refractivity contribution in [1.82, 2.24) is 4.72 Å². The predicted molar refractivity (Wildman–Crippen MR) is 49.7 cm³/mol. The molecule has 1 aliphatic carbocycles. The monoisotopic (exact) mass is 257 g/mol. The SMILES string of the molecule is COC1CC(NS(=O)(=O)CBr)C1. The summed E-state index contributed by atoms with van der Waals surface area (Å²) in [6.45, 7) is 0. The largest absolute Gasteiger partial charge is 0.381 e. The molecule has 1 N–H and O–H groups in total. The molecule has 0 unspecified atom stereocenters. The summed E-state index contributed by atoms with van der Waals surface area (Å²) >= 11 is 2.90. The molecule has 0 aromatic rings. The van der Waals surface area contributed by atoms with Crippen molar-refractivity contribution in [1.29, 1.82) is 0 Å². The van der Waals surface area contributed by atoms with E-state index in [2.05, 4.69) is 20.7 Å². The Bertz CT molecular complexity index is 235. The molecule has 0 aromatic heterocycles. The number of nitrogens with one attached hydrogen (secondary N) is 1. The van der Waals surface area contributed by atoms with Crippen molar-refractivity contribution >= 4 is 26.0 Å². The molecule has 1 rings (SSSR count). The van der Waals surface area contributed by atoms with Crippen LogP contribution in [0, 0.1) is 0 Å². The minimum absolute atomic E-state index is 0.0336. The lowest BCUT2D eigenvalue weighted by Crippen LogP contribution is -2.47. The molecule has 4 nitrogen and oxygen atoms in total. The lowest BCUT2D eigenvalue weighted by Gasteiger charge is -2.34. The number of alkyl halides is 1. The van der Waals surface area contributed by atoms with Crippen molar-refractivity contribution < 1.29 is 13.2 Å². The van der Waals surface area contributed by atoms with Crippen molar-refractivity contribution in [2.45, 2.75) is 25.0 Å². The molecular formula is C6H12BrNO3S. The van der Waals surface area contributed by atoms with Crippen molar-refractivity contribution in [3.8, 4) is 0 Å². The van der Waals surface area contributed by atoms with Crippen LogP contribution in [0.25, 0.3) is 0 Å². The van der Waals surface area contributed by atoms with Crippen LogP contribution in [0.1, 0.15) is 12.8 Å².